The van der Waals surface area contributed by atoms with Crippen LogP contribution in [0.25, 0.3) is 0 Å². The Morgan fingerprint density at radius 2 is 1.66 bits per heavy atom. The summed E-state index contributed by atoms with van der Waals surface area (Å²) in [6.07, 6.45) is 24.7. The highest BCUT2D eigenvalue weighted by Gasteiger charge is 2.21. The van der Waals surface area contributed by atoms with Gasteiger partial charge >= 0.3 is 0 Å². The summed E-state index contributed by atoms with van der Waals surface area (Å²) in [5.41, 5.74) is 1.92. The van der Waals surface area contributed by atoms with Crippen LogP contribution < -0.4 is 0 Å². The first-order valence-electron chi connectivity index (χ1n) is 13.4. The first-order valence-corrected chi connectivity index (χ1v) is 13.4. The molecular weight excluding hydrogens is 440 g/mol. The molecule has 0 heterocycles. The summed E-state index contributed by atoms with van der Waals surface area (Å²) in [4.78, 5) is 23.6. The van der Waals surface area contributed by atoms with E-state index >= 15 is 0 Å². The molecule has 0 aromatic carbocycles. The Bertz CT molecular complexity index is 843. The normalized spacial score (nSPS) is 18.1. The molecule has 0 unspecified atom stereocenters. The largest absolute Gasteiger partial charge is 0.504 e. The number of aliphatic hydroxyl groups is 2. The third-order valence-electron chi connectivity index (χ3n) is 6.84. The fraction of sp³-hybridized carbons (Fsp3) is 0.600. The molecule has 0 saturated heterocycles. The Balaban J connectivity index is 1.79. The van der Waals surface area contributed by atoms with Crippen molar-refractivity contribution in [2.24, 2.45) is 5.92 Å². The molecule has 5 nitrogen and oxygen atoms in total. The first-order chi connectivity index (χ1) is 16.9. The van der Waals surface area contributed by atoms with E-state index in [0.29, 0.717) is 24.3 Å². The number of ketones is 2. The molecule has 0 amide bonds. The van der Waals surface area contributed by atoms with Crippen LogP contribution in [0.15, 0.2) is 59.1 Å². The molecule has 0 bridgehead atoms. The predicted molar refractivity (Wildman–Crippen MR) is 141 cm³/mol. The van der Waals surface area contributed by atoms with E-state index in [-0.39, 0.29) is 29.5 Å². The van der Waals surface area contributed by atoms with Crippen LogP contribution in [0, 0.1) is 5.92 Å². The van der Waals surface area contributed by atoms with Gasteiger partial charge in [-0.05, 0) is 54.9 Å². The van der Waals surface area contributed by atoms with Crippen molar-refractivity contribution in [2.45, 2.75) is 103 Å². The average molecular weight is 485 g/mol. The molecule has 0 radical (unpaired) electrons. The Kier molecular flexibility index (Phi) is 13.4. The minimum atomic E-state index is -0.609. The van der Waals surface area contributed by atoms with Crippen LogP contribution in [0.3, 0.4) is 0 Å². The van der Waals surface area contributed by atoms with Gasteiger partial charge in [0, 0.05) is 12.8 Å². The van der Waals surface area contributed by atoms with Crippen LogP contribution in [0.5, 0.6) is 0 Å². The zero-order chi connectivity index (χ0) is 25.5. The lowest BCUT2D eigenvalue weighted by molar-refractivity contribution is -0.118. The van der Waals surface area contributed by atoms with Gasteiger partial charge in [0.1, 0.15) is 0 Å². The number of hydrogen-bond donors (Lipinski definition) is 2. The van der Waals surface area contributed by atoms with Gasteiger partial charge in [0.15, 0.2) is 11.5 Å². The monoisotopic (exact) mass is 484 g/mol. The summed E-state index contributed by atoms with van der Waals surface area (Å²) in [6.45, 7) is 2.24. The molecule has 2 rings (SSSR count). The van der Waals surface area contributed by atoms with Crippen LogP contribution >= 0.6 is 0 Å². The van der Waals surface area contributed by atoms with E-state index in [1.54, 1.807) is 18.2 Å². The van der Waals surface area contributed by atoms with Gasteiger partial charge in [0.2, 0.25) is 11.5 Å². The van der Waals surface area contributed by atoms with Crippen LogP contribution in [-0.4, -0.2) is 35.0 Å². The number of ether oxygens (including phenoxy) is 1. The topological polar surface area (TPSA) is 83.8 Å². The second-order valence-corrected chi connectivity index (χ2v) is 9.76. The minimum absolute atomic E-state index is 0.0157. The van der Waals surface area contributed by atoms with Gasteiger partial charge in [0.05, 0.1) is 13.2 Å². The maximum absolute atomic E-state index is 12.0. The van der Waals surface area contributed by atoms with Crippen molar-refractivity contribution in [1.82, 2.24) is 0 Å². The van der Waals surface area contributed by atoms with Crippen molar-refractivity contribution in [3.05, 3.63) is 59.1 Å². The lowest BCUT2D eigenvalue weighted by Crippen LogP contribution is -2.13. The highest BCUT2D eigenvalue weighted by atomic mass is 16.5. The van der Waals surface area contributed by atoms with Gasteiger partial charge in [-0.25, -0.2) is 0 Å². The molecular formula is C30H44O5. The van der Waals surface area contributed by atoms with Crippen molar-refractivity contribution in [2.75, 3.05) is 7.11 Å². The molecule has 0 aromatic rings. The van der Waals surface area contributed by atoms with Crippen molar-refractivity contribution >= 4 is 11.6 Å². The number of rotatable bonds is 17. The molecule has 0 aliphatic heterocycles. The van der Waals surface area contributed by atoms with E-state index in [2.05, 4.69) is 13.0 Å². The van der Waals surface area contributed by atoms with Gasteiger partial charge in [-0.3, -0.25) is 9.59 Å². The van der Waals surface area contributed by atoms with E-state index in [1.165, 1.54) is 70.1 Å². The van der Waals surface area contributed by atoms with Crippen molar-refractivity contribution < 1.29 is 24.5 Å². The van der Waals surface area contributed by atoms with E-state index in [1.807, 2.05) is 6.08 Å². The number of hydrogen-bond acceptors (Lipinski definition) is 5. The number of methoxy groups -OCH3 is 1. The third-order valence-corrected chi connectivity index (χ3v) is 6.84. The Hall–Kier alpha value is -2.40. The predicted octanol–water partition coefficient (Wildman–Crippen LogP) is 6.99. The van der Waals surface area contributed by atoms with Gasteiger partial charge in [-0.1, -0.05) is 82.6 Å². The van der Waals surface area contributed by atoms with Crippen LogP contribution in [0.4, 0.5) is 0 Å². The minimum Gasteiger partial charge on any atom is -0.504 e. The van der Waals surface area contributed by atoms with Crippen molar-refractivity contribution in [3.8, 4) is 0 Å². The van der Waals surface area contributed by atoms with Crippen molar-refractivity contribution in [1.29, 1.82) is 0 Å². The van der Waals surface area contributed by atoms with Gasteiger partial charge in [0.25, 0.3) is 0 Å². The van der Waals surface area contributed by atoms with Crippen LogP contribution in [-0.2, 0) is 14.3 Å². The number of Topliss-reactive ketones (excluding diaryl/α,β-unsaturated/α-hetero) is 1. The van der Waals surface area contributed by atoms with Crippen molar-refractivity contribution in [3.63, 3.8) is 0 Å². The second kappa shape index (κ2) is 16.3. The summed E-state index contributed by atoms with van der Waals surface area (Å²) < 4.78 is 4.92. The van der Waals surface area contributed by atoms with Gasteiger partial charge in [-0.2, -0.15) is 0 Å². The molecule has 5 heteroatoms. The smallest absolute Gasteiger partial charge is 0.205 e. The standard InChI is InChI=1S/C30H44O5/c1-3-4-5-6-7-8-9-10-12-24(25-16-19-27(32)20-17-25)13-11-14-26(31)18-15-23-21-28(33)30(35-2)29(34)22-23/h15-19,21,24,26,31,33H,3-14,20,22H2,1-2H3/b18-15+/t24-,26+/m0/s1. The molecule has 0 spiro atoms. The highest BCUT2D eigenvalue weighted by Crippen LogP contribution is 2.29. The molecule has 2 aliphatic rings. The molecule has 194 valence electrons. The van der Waals surface area contributed by atoms with E-state index in [4.69, 9.17) is 4.74 Å². The molecule has 2 N–H and O–H groups in total. The molecule has 2 atom stereocenters. The quantitative estimate of drug-likeness (QED) is 0.217. The fourth-order valence-corrected chi connectivity index (χ4v) is 4.78. The summed E-state index contributed by atoms with van der Waals surface area (Å²) >= 11 is 0. The lowest BCUT2D eigenvalue weighted by Gasteiger charge is -2.20. The van der Waals surface area contributed by atoms with Crippen LogP contribution in [0.1, 0.15) is 96.8 Å². The van der Waals surface area contributed by atoms with Gasteiger partial charge < -0.3 is 14.9 Å². The molecule has 0 saturated carbocycles. The highest BCUT2D eigenvalue weighted by molar-refractivity contribution is 5.97. The van der Waals surface area contributed by atoms with Crippen LogP contribution in [0.2, 0.25) is 0 Å². The zero-order valence-electron chi connectivity index (χ0n) is 21.6. The number of carbonyl (C=O) groups excluding carboxylic acids is 2. The Labute approximate surface area is 211 Å². The van der Waals surface area contributed by atoms with E-state index < -0.39 is 6.10 Å². The second-order valence-electron chi connectivity index (χ2n) is 9.76. The Morgan fingerprint density at radius 1 is 0.971 bits per heavy atom. The molecule has 0 fully saturated rings. The maximum Gasteiger partial charge on any atom is 0.205 e. The maximum atomic E-state index is 12.0. The first kappa shape index (κ1) is 28.8. The molecule has 0 aromatic heterocycles. The summed E-state index contributed by atoms with van der Waals surface area (Å²) in [5.74, 6) is 0.128. The zero-order valence-corrected chi connectivity index (χ0v) is 21.6. The number of carbonyl (C=O) groups is 2. The molecule has 2 aliphatic carbocycles. The molecule has 35 heavy (non-hydrogen) atoms. The Morgan fingerprint density at radius 3 is 2.29 bits per heavy atom. The van der Waals surface area contributed by atoms with E-state index in [0.717, 1.165) is 19.3 Å². The number of allylic oxidation sites excluding steroid dienone is 8. The third kappa shape index (κ3) is 10.8. The summed E-state index contributed by atoms with van der Waals surface area (Å²) in [6, 6.07) is 0. The summed E-state index contributed by atoms with van der Waals surface area (Å²) in [5, 5.41) is 20.3. The lowest BCUT2D eigenvalue weighted by atomic mass is 9.85. The average Bonchev–Trinajstić information content (AvgIpc) is 2.83. The van der Waals surface area contributed by atoms with Gasteiger partial charge in [-0.15, -0.1) is 0 Å². The SMILES string of the molecule is CCCCCCCCCC[C@@H](CCC[C@@H](O)/C=C/C1=CC(O)=C(OC)C(=O)C1)C1=CCC(=O)C=C1. The number of aliphatic hydroxyl groups excluding tert-OH is 2. The summed E-state index contributed by atoms with van der Waals surface area (Å²) in [7, 11) is 1.36. The fourth-order valence-electron chi connectivity index (χ4n) is 4.78. The van der Waals surface area contributed by atoms with E-state index in [9.17, 15) is 19.8 Å². The number of unbranched alkanes of at least 4 members (excludes halogenated alkanes) is 7.